The fourth-order valence-electron chi connectivity index (χ4n) is 3.36. The third kappa shape index (κ3) is 4.34. The highest BCUT2D eigenvalue weighted by Gasteiger charge is 2.34. The standard InChI is InChI=1S/C17H23N3O5S/c1-25-16(21)13-2-4-14(5-3-13)18-17(22)20-9-7-19(8-10-20)15-6-11-26(23,24)12-15/h2-5,15H,6-12H2,1H3,(H,18,22). The minimum absolute atomic E-state index is 0.0797. The van der Waals surface area contributed by atoms with Crippen LogP contribution in [0.25, 0.3) is 0 Å². The van der Waals surface area contributed by atoms with Gasteiger partial charge >= 0.3 is 12.0 Å². The Morgan fingerprint density at radius 1 is 1.12 bits per heavy atom. The monoisotopic (exact) mass is 381 g/mol. The van der Waals surface area contributed by atoms with Gasteiger partial charge in [0.25, 0.3) is 0 Å². The number of nitrogens with one attached hydrogen (secondary N) is 1. The molecule has 1 aromatic carbocycles. The Bertz CT molecular complexity index is 770. The highest BCUT2D eigenvalue weighted by Crippen LogP contribution is 2.19. The second-order valence-electron chi connectivity index (χ2n) is 6.58. The van der Waals surface area contributed by atoms with Crippen LogP contribution in [0.3, 0.4) is 0 Å². The van der Waals surface area contributed by atoms with E-state index in [2.05, 4.69) is 15.0 Å². The predicted molar refractivity (Wildman–Crippen MR) is 97.0 cm³/mol. The van der Waals surface area contributed by atoms with Crippen molar-refractivity contribution in [2.45, 2.75) is 12.5 Å². The molecule has 0 aromatic heterocycles. The first kappa shape index (κ1) is 18.7. The van der Waals surface area contributed by atoms with Crippen molar-refractivity contribution in [3.05, 3.63) is 29.8 Å². The van der Waals surface area contributed by atoms with Crippen molar-refractivity contribution >= 4 is 27.5 Å². The number of carbonyl (C=O) groups excluding carboxylic acids is 2. The van der Waals surface area contributed by atoms with Crippen LogP contribution < -0.4 is 5.32 Å². The van der Waals surface area contributed by atoms with Crippen LogP contribution in [-0.2, 0) is 14.6 Å². The van der Waals surface area contributed by atoms with Crippen molar-refractivity contribution in [1.82, 2.24) is 9.80 Å². The summed E-state index contributed by atoms with van der Waals surface area (Å²) in [6, 6.07) is 6.39. The van der Waals surface area contributed by atoms with Gasteiger partial charge in [0.15, 0.2) is 9.84 Å². The molecule has 2 amide bonds. The Labute approximate surface area is 153 Å². The Balaban J connectivity index is 1.50. The molecular weight excluding hydrogens is 358 g/mol. The fraction of sp³-hybridized carbons (Fsp3) is 0.529. The number of piperazine rings is 1. The number of benzene rings is 1. The Morgan fingerprint density at radius 2 is 1.77 bits per heavy atom. The van der Waals surface area contributed by atoms with E-state index in [9.17, 15) is 18.0 Å². The van der Waals surface area contributed by atoms with E-state index in [1.165, 1.54) is 7.11 Å². The topological polar surface area (TPSA) is 96.0 Å². The lowest BCUT2D eigenvalue weighted by atomic mass is 10.2. The summed E-state index contributed by atoms with van der Waals surface area (Å²) in [6.07, 6.45) is 0.682. The minimum atomic E-state index is -2.89. The molecular formula is C17H23N3O5S. The molecule has 1 aromatic rings. The molecule has 1 atom stereocenters. The van der Waals surface area contributed by atoms with Gasteiger partial charge in [0.05, 0.1) is 24.2 Å². The predicted octanol–water partition coefficient (Wildman–Crippen LogP) is 0.810. The van der Waals surface area contributed by atoms with Crippen molar-refractivity contribution in [2.24, 2.45) is 0 Å². The van der Waals surface area contributed by atoms with Gasteiger partial charge in [0.1, 0.15) is 0 Å². The molecule has 9 heteroatoms. The number of amides is 2. The number of sulfone groups is 1. The van der Waals surface area contributed by atoms with Crippen LogP contribution in [0.2, 0.25) is 0 Å². The van der Waals surface area contributed by atoms with E-state index in [0.717, 1.165) is 0 Å². The second kappa shape index (κ2) is 7.63. The molecule has 0 aliphatic carbocycles. The smallest absolute Gasteiger partial charge is 0.337 e. The van der Waals surface area contributed by atoms with Gasteiger partial charge in [-0.1, -0.05) is 0 Å². The highest BCUT2D eigenvalue weighted by molar-refractivity contribution is 7.91. The second-order valence-corrected chi connectivity index (χ2v) is 8.81. The number of anilines is 1. The minimum Gasteiger partial charge on any atom is -0.465 e. The van der Waals surface area contributed by atoms with E-state index in [0.29, 0.717) is 43.9 Å². The number of hydrogen-bond donors (Lipinski definition) is 1. The van der Waals surface area contributed by atoms with Crippen LogP contribution in [0.1, 0.15) is 16.8 Å². The molecule has 142 valence electrons. The molecule has 2 heterocycles. The Kier molecular flexibility index (Phi) is 5.47. The summed E-state index contributed by atoms with van der Waals surface area (Å²) >= 11 is 0. The third-order valence-corrected chi connectivity index (χ3v) is 6.63. The zero-order chi connectivity index (χ0) is 18.7. The number of ether oxygens (including phenoxy) is 1. The fourth-order valence-corrected chi connectivity index (χ4v) is 5.13. The number of nitrogens with zero attached hydrogens (tertiary/aromatic N) is 2. The van der Waals surface area contributed by atoms with Crippen LogP contribution in [-0.4, -0.2) is 81.1 Å². The van der Waals surface area contributed by atoms with Crippen molar-refractivity contribution in [1.29, 1.82) is 0 Å². The van der Waals surface area contributed by atoms with Crippen LogP contribution >= 0.6 is 0 Å². The van der Waals surface area contributed by atoms with Gasteiger partial charge < -0.3 is 15.0 Å². The van der Waals surface area contributed by atoms with Crippen LogP contribution in [0.4, 0.5) is 10.5 Å². The van der Waals surface area contributed by atoms with Crippen molar-refractivity contribution in [3.8, 4) is 0 Å². The molecule has 2 saturated heterocycles. The SMILES string of the molecule is COC(=O)c1ccc(NC(=O)N2CCN(C3CCS(=O)(=O)C3)CC2)cc1. The van der Waals surface area contributed by atoms with Crippen LogP contribution in [0.5, 0.6) is 0 Å². The lowest BCUT2D eigenvalue weighted by Gasteiger charge is -2.37. The zero-order valence-electron chi connectivity index (χ0n) is 14.7. The molecule has 8 nitrogen and oxygen atoms in total. The third-order valence-electron chi connectivity index (χ3n) is 4.88. The van der Waals surface area contributed by atoms with E-state index >= 15 is 0 Å². The van der Waals surface area contributed by atoms with Crippen LogP contribution in [0, 0.1) is 0 Å². The summed E-state index contributed by atoms with van der Waals surface area (Å²) in [4.78, 5) is 27.7. The van der Waals surface area contributed by atoms with Gasteiger partial charge in [0, 0.05) is 37.9 Å². The lowest BCUT2D eigenvalue weighted by Crippen LogP contribution is -2.53. The molecule has 0 spiro atoms. The molecule has 0 radical (unpaired) electrons. The molecule has 0 saturated carbocycles. The molecule has 26 heavy (non-hydrogen) atoms. The first-order valence-corrected chi connectivity index (χ1v) is 10.4. The first-order chi connectivity index (χ1) is 12.4. The highest BCUT2D eigenvalue weighted by atomic mass is 32.2. The molecule has 2 fully saturated rings. The largest absolute Gasteiger partial charge is 0.465 e. The van der Waals surface area contributed by atoms with Crippen molar-refractivity contribution in [2.75, 3.05) is 50.1 Å². The number of esters is 1. The first-order valence-electron chi connectivity index (χ1n) is 8.57. The molecule has 1 N–H and O–H groups in total. The van der Waals surface area contributed by atoms with Gasteiger partial charge in [-0.3, -0.25) is 4.90 Å². The number of carbonyl (C=O) groups is 2. The Hall–Kier alpha value is -2.13. The number of methoxy groups -OCH3 is 1. The number of hydrogen-bond acceptors (Lipinski definition) is 6. The summed E-state index contributed by atoms with van der Waals surface area (Å²) in [7, 11) is -1.58. The quantitative estimate of drug-likeness (QED) is 0.779. The van der Waals surface area contributed by atoms with E-state index in [4.69, 9.17) is 0 Å². The van der Waals surface area contributed by atoms with E-state index in [1.54, 1.807) is 29.2 Å². The number of rotatable bonds is 3. The average molecular weight is 381 g/mol. The zero-order valence-corrected chi connectivity index (χ0v) is 15.5. The van der Waals surface area contributed by atoms with E-state index in [-0.39, 0.29) is 23.6 Å². The van der Waals surface area contributed by atoms with Crippen LogP contribution in [0.15, 0.2) is 24.3 Å². The molecule has 2 aliphatic rings. The molecule has 0 bridgehead atoms. The molecule has 3 rings (SSSR count). The van der Waals surface area contributed by atoms with Gasteiger partial charge in [-0.05, 0) is 30.7 Å². The average Bonchev–Trinajstić information content (AvgIpc) is 3.01. The van der Waals surface area contributed by atoms with Gasteiger partial charge in [0.2, 0.25) is 0 Å². The van der Waals surface area contributed by atoms with E-state index in [1.807, 2.05) is 0 Å². The molecule has 1 unspecified atom stereocenters. The van der Waals surface area contributed by atoms with Crippen molar-refractivity contribution in [3.63, 3.8) is 0 Å². The maximum Gasteiger partial charge on any atom is 0.337 e. The number of urea groups is 1. The normalized spacial score (nSPS) is 22.8. The summed E-state index contributed by atoms with van der Waals surface area (Å²) in [5, 5.41) is 2.81. The van der Waals surface area contributed by atoms with E-state index < -0.39 is 15.8 Å². The maximum atomic E-state index is 12.4. The summed E-state index contributed by atoms with van der Waals surface area (Å²) in [5.74, 6) is 0.0685. The van der Waals surface area contributed by atoms with Crippen molar-refractivity contribution < 1.29 is 22.7 Å². The summed E-state index contributed by atoms with van der Waals surface area (Å²) in [5.41, 5.74) is 1.03. The van der Waals surface area contributed by atoms with Gasteiger partial charge in [-0.15, -0.1) is 0 Å². The Morgan fingerprint density at radius 3 is 2.31 bits per heavy atom. The molecule has 2 aliphatic heterocycles. The summed E-state index contributed by atoms with van der Waals surface area (Å²) in [6.45, 7) is 2.47. The van der Waals surface area contributed by atoms with Gasteiger partial charge in [-0.25, -0.2) is 18.0 Å². The lowest BCUT2D eigenvalue weighted by molar-refractivity contribution is 0.0600. The van der Waals surface area contributed by atoms with Gasteiger partial charge in [-0.2, -0.15) is 0 Å². The maximum absolute atomic E-state index is 12.4. The summed E-state index contributed by atoms with van der Waals surface area (Å²) < 4.78 is 27.9.